The number of carbonyl (C=O) groups is 3. The van der Waals surface area contributed by atoms with E-state index in [-0.39, 0.29) is 23.2 Å². The first-order chi connectivity index (χ1) is 11.1. The van der Waals surface area contributed by atoms with Crippen LogP contribution >= 0.6 is 0 Å². The van der Waals surface area contributed by atoms with Gasteiger partial charge < -0.3 is 14.4 Å². The van der Waals surface area contributed by atoms with Gasteiger partial charge in [0.15, 0.2) is 0 Å². The lowest BCUT2D eigenvalue weighted by molar-refractivity contribution is -0.162. The molecule has 1 spiro atoms. The average Bonchev–Trinajstić information content (AvgIpc) is 2.50. The lowest BCUT2D eigenvalue weighted by atomic mass is 9.58. The predicted octanol–water partition coefficient (Wildman–Crippen LogP) is 2.79. The first kappa shape index (κ1) is 18.7. The van der Waals surface area contributed by atoms with Crippen LogP contribution in [0, 0.1) is 17.3 Å². The van der Waals surface area contributed by atoms with Crippen molar-refractivity contribution in [3.63, 3.8) is 0 Å². The standard InChI is InChI=1S/C18H29NO5/c1-12-6-7-18(13(14(12)20)15(21)23-5)8-10-19(11-9-18)16(22)24-17(2,3)4/h12-13H,6-11H2,1-5H3. The van der Waals surface area contributed by atoms with Gasteiger partial charge in [-0.15, -0.1) is 0 Å². The summed E-state index contributed by atoms with van der Waals surface area (Å²) in [6.07, 6.45) is 2.54. The van der Waals surface area contributed by atoms with Gasteiger partial charge in [-0.05, 0) is 51.9 Å². The zero-order valence-corrected chi connectivity index (χ0v) is 15.4. The van der Waals surface area contributed by atoms with Crippen LogP contribution in [-0.2, 0) is 19.1 Å². The number of methoxy groups -OCH3 is 1. The van der Waals surface area contributed by atoms with E-state index < -0.39 is 17.5 Å². The van der Waals surface area contributed by atoms with E-state index >= 15 is 0 Å². The molecule has 136 valence electrons. The van der Waals surface area contributed by atoms with Gasteiger partial charge in [0.25, 0.3) is 0 Å². The molecule has 0 aromatic heterocycles. The third-order valence-corrected chi connectivity index (χ3v) is 5.31. The molecule has 2 unspecified atom stereocenters. The summed E-state index contributed by atoms with van der Waals surface area (Å²) in [5, 5.41) is 0. The number of hydrogen-bond donors (Lipinski definition) is 0. The van der Waals surface area contributed by atoms with Crippen molar-refractivity contribution in [1.82, 2.24) is 4.90 Å². The number of esters is 1. The third kappa shape index (κ3) is 3.73. The highest BCUT2D eigenvalue weighted by Gasteiger charge is 2.53. The minimum absolute atomic E-state index is 0.0150. The van der Waals surface area contributed by atoms with Crippen molar-refractivity contribution in [3.05, 3.63) is 0 Å². The second-order valence-corrected chi connectivity index (χ2v) is 8.13. The van der Waals surface area contributed by atoms with Crippen LogP contribution in [0.25, 0.3) is 0 Å². The van der Waals surface area contributed by atoms with Gasteiger partial charge in [-0.25, -0.2) is 4.79 Å². The molecular weight excluding hydrogens is 310 g/mol. The van der Waals surface area contributed by atoms with E-state index in [0.29, 0.717) is 25.9 Å². The fourth-order valence-electron chi connectivity index (χ4n) is 3.86. The van der Waals surface area contributed by atoms with Gasteiger partial charge in [0.05, 0.1) is 7.11 Å². The normalized spacial score (nSPS) is 27.0. The second kappa shape index (κ2) is 6.73. The van der Waals surface area contributed by atoms with E-state index in [4.69, 9.17) is 9.47 Å². The third-order valence-electron chi connectivity index (χ3n) is 5.31. The van der Waals surface area contributed by atoms with Crippen molar-refractivity contribution in [3.8, 4) is 0 Å². The molecule has 1 saturated heterocycles. The maximum Gasteiger partial charge on any atom is 0.410 e. The summed E-state index contributed by atoms with van der Waals surface area (Å²) in [6.45, 7) is 8.40. The van der Waals surface area contributed by atoms with Crippen LogP contribution in [0.15, 0.2) is 0 Å². The highest BCUT2D eigenvalue weighted by atomic mass is 16.6. The lowest BCUT2D eigenvalue weighted by Gasteiger charge is -2.48. The Bertz CT molecular complexity index is 514. The van der Waals surface area contributed by atoms with Gasteiger partial charge in [-0.3, -0.25) is 9.59 Å². The van der Waals surface area contributed by atoms with Crippen molar-refractivity contribution < 1.29 is 23.9 Å². The van der Waals surface area contributed by atoms with Crippen LogP contribution in [0.1, 0.15) is 53.4 Å². The number of likely N-dealkylation sites (tertiary alicyclic amines) is 1. The molecule has 0 aromatic rings. The van der Waals surface area contributed by atoms with Crippen LogP contribution in [0.5, 0.6) is 0 Å². The molecule has 1 aliphatic carbocycles. The summed E-state index contributed by atoms with van der Waals surface area (Å²) in [4.78, 5) is 38.7. The average molecular weight is 339 g/mol. The van der Waals surface area contributed by atoms with Crippen molar-refractivity contribution in [2.24, 2.45) is 17.3 Å². The van der Waals surface area contributed by atoms with Crippen molar-refractivity contribution in [2.75, 3.05) is 20.2 Å². The highest BCUT2D eigenvalue weighted by Crippen LogP contribution is 2.49. The van der Waals surface area contributed by atoms with E-state index in [1.807, 2.05) is 27.7 Å². The Kier molecular flexibility index (Phi) is 5.25. The van der Waals surface area contributed by atoms with Gasteiger partial charge in [-0.1, -0.05) is 6.92 Å². The number of carbonyl (C=O) groups excluding carboxylic acids is 3. The molecular formula is C18H29NO5. The minimum atomic E-state index is -0.702. The molecule has 1 aliphatic heterocycles. The predicted molar refractivity (Wildman–Crippen MR) is 88.4 cm³/mol. The number of ether oxygens (including phenoxy) is 2. The Morgan fingerprint density at radius 1 is 1.17 bits per heavy atom. The fraction of sp³-hybridized carbons (Fsp3) is 0.833. The molecule has 2 fully saturated rings. The summed E-state index contributed by atoms with van der Waals surface area (Å²) >= 11 is 0. The Morgan fingerprint density at radius 3 is 2.25 bits per heavy atom. The largest absolute Gasteiger partial charge is 0.468 e. The van der Waals surface area contributed by atoms with E-state index in [2.05, 4.69) is 0 Å². The van der Waals surface area contributed by atoms with Gasteiger partial charge in [0, 0.05) is 19.0 Å². The minimum Gasteiger partial charge on any atom is -0.468 e. The van der Waals surface area contributed by atoms with Gasteiger partial charge in [0.2, 0.25) is 0 Å². The molecule has 0 radical (unpaired) electrons. The van der Waals surface area contributed by atoms with E-state index in [1.54, 1.807) is 4.90 Å². The maximum atomic E-state index is 12.6. The number of nitrogens with zero attached hydrogens (tertiary/aromatic N) is 1. The molecule has 0 bridgehead atoms. The number of piperidine rings is 1. The van der Waals surface area contributed by atoms with Gasteiger partial charge in [-0.2, -0.15) is 0 Å². The van der Waals surface area contributed by atoms with Crippen molar-refractivity contribution in [1.29, 1.82) is 0 Å². The Hall–Kier alpha value is -1.59. The molecule has 1 saturated carbocycles. The number of amides is 1. The summed E-state index contributed by atoms with van der Waals surface area (Å²) in [7, 11) is 1.33. The number of hydrogen-bond acceptors (Lipinski definition) is 5. The monoisotopic (exact) mass is 339 g/mol. The highest BCUT2D eigenvalue weighted by molar-refractivity contribution is 6.01. The van der Waals surface area contributed by atoms with Crippen LogP contribution in [0.4, 0.5) is 4.79 Å². The van der Waals surface area contributed by atoms with E-state index in [9.17, 15) is 14.4 Å². The maximum absolute atomic E-state index is 12.6. The van der Waals surface area contributed by atoms with Crippen LogP contribution < -0.4 is 0 Å². The lowest BCUT2D eigenvalue weighted by Crippen LogP contribution is -2.54. The Labute approximate surface area is 143 Å². The Balaban J connectivity index is 2.11. The van der Waals surface area contributed by atoms with Gasteiger partial charge >= 0.3 is 12.1 Å². The molecule has 0 N–H and O–H groups in total. The number of Topliss-reactive ketones (excluding diaryl/α,β-unsaturated/α-hetero) is 1. The molecule has 0 aromatic carbocycles. The molecule has 2 aliphatic rings. The topological polar surface area (TPSA) is 72.9 Å². The molecule has 24 heavy (non-hydrogen) atoms. The molecule has 6 nitrogen and oxygen atoms in total. The summed E-state index contributed by atoms with van der Waals surface area (Å²) in [6, 6.07) is 0. The van der Waals surface area contributed by atoms with Crippen molar-refractivity contribution >= 4 is 17.8 Å². The summed E-state index contributed by atoms with van der Waals surface area (Å²) in [5.41, 5.74) is -0.911. The molecule has 1 amide bonds. The molecule has 6 heteroatoms. The number of ketones is 1. The van der Waals surface area contributed by atoms with E-state index in [0.717, 1.165) is 12.8 Å². The first-order valence-corrected chi connectivity index (χ1v) is 8.69. The zero-order chi connectivity index (χ0) is 18.1. The SMILES string of the molecule is COC(=O)C1C(=O)C(C)CCC12CCN(C(=O)OC(C)(C)C)CC2. The molecule has 1 heterocycles. The summed E-state index contributed by atoms with van der Waals surface area (Å²) in [5.74, 6) is -1.26. The number of rotatable bonds is 1. The van der Waals surface area contributed by atoms with Crippen molar-refractivity contribution in [2.45, 2.75) is 59.0 Å². The van der Waals surface area contributed by atoms with Crippen LogP contribution in [0.3, 0.4) is 0 Å². The van der Waals surface area contributed by atoms with E-state index in [1.165, 1.54) is 7.11 Å². The Morgan fingerprint density at radius 2 is 1.75 bits per heavy atom. The van der Waals surface area contributed by atoms with Crippen LogP contribution in [0.2, 0.25) is 0 Å². The molecule has 2 rings (SSSR count). The quantitative estimate of drug-likeness (QED) is 0.542. The fourth-order valence-corrected chi connectivity index (χ4v) is 3.86. The van der Waals surface area contributed by atoms with Crippen LogP contribution in [-0.4, -0.2) is 48.5 Å². The summed E-state index contributed by atoms with van der Waals surface area (Å²) < 4.78 is 10.3. The second-order valence-electron chi connectivity index (χ2n) is 8.13. The molecule has 2 atom stereocenters. The smallest absolute Gasteiger partial charge is 0.410 e. The first-order valence-electron chi connectivity index (χ1n) is 8.69. The zero-order valence-electron chi connectivity index (χ0n) is 15.4. The van der Waals surface area contributed by atoms with Gasteiger partial charge in [0.1, 0.15) is 17.3 Å².